The molecular weight excluding hydrogens is 418 g/mol. The highest BCUT2D eigenvalue weighted by molar-refractivity contribution is 6.35. The van der Waals surface area contributed by atoms with Crippen molar-refractivity contribution in [3.8, 4) is 5.75 Å². The average Bonchev–Trinajstić information content (AvgIpc) is 2.68. The first-order valence-corrected chi connectivity index (χ1v) is 10.0. The van der Waals surface area contributed by atoms with Crippen LogP contribution >= 0.6 is 23.2 Å². The van der Waals surface area contributed by atoms with Gasteiger partial charge in [-0.05, 0) is 43.2 Å². The Hall–Kier alpha value is -2.31. The van der Waals surface area contributed by atoms with Crippen molar-refractivity contribution in [3.63, 3.8) is 0 Å². The first-order valence-electron chi connectivity index (χ1n) is 9.25. The van der Waals surface area contributed by atoms with Crippen LogP contribution < -0.4 is 10.1 Å². The van der Waals surface area contributed by atoms with Crippen LogP contribution in [-0.4, -0.2) is 35.9 Å². The van der Waals surface area contributed by atoms with E-state index in [0.717, 1.165) is 0 Å². The molecule has 2 aromatic rings. The van der Waals surface area contributed by atoms with Crippen molar-refractivity contribution in [3.05, 3.63) is 63.9 Å². The van der Waals surface area contributed by atoms with Gasteiger partial charge in [-0.25, -0.2) is 4.39 Å². The smallest absolute Gasteiger partial charge is 0.261 e. The van der Waals surface area contributed by atoms with Crippen molar-refractivity contribution in [1.82, 2.24) is 10.2 Å². The molecule has 0 aliphatic rings. The first kappa shape index (κ1) is 23.0. The molecule has 5 nitrogen and oxygen atoms in total. The summed E-state index contributed by atoms with van der Waals surface area (Å²) in [5, 5.41) is 3.59. The molecule has 1 atom stereocenters. The number of carbonyl (C=O) groups is 2. The quantitative estimate of drug-likeness (QED) is 0.626. The van der Waals surface area contributed by atoms with Crippen LogP contribution in [0.2, 0.25) is 10.0 Å². The average molecular weight is 441 g/mol. The van der Waals surface area contributed by atoms with Crippen molar-refractivity contribution < 1.29 is 18.7 Å². The molecule has 0 fully saturated rings. The number of nitrogens with zero attached hydrogens (tertiary/aromatic N) is 1. The van der Waals surface area contributed by atoms with E-state index in [-0.39, 0.29) is 18.2 Å². The van der Waals surface area contributed by atoms with Gasteiger partial charge in [-0.15, -0.1) is 0 Å². The van der Waals surface area contributed by atoms with Gasteiger partial charge in [0, 0.05) is 23.1 Å². The third-order valence-corrected chi connectivity index (χ3v) is 4.87. The van der Waals surface area contributed by atoms with Gasteiger partial charge in [0.25, 0.3) is 5.91 Å². The number of halogens is 3. The number of nitrogens with one attached hydrogen (secondary N) is 1. The molecule has 0 saturated heterocycles. The zero-order chi connectivity index (χ0) is 21.4. The molecule has 0 spiro atoms. The lowest BCUT2D eigenvalue weighted by molar-refractivity contribution is -0.143. The van der Waals surface area contributed by atoms with E-state index < -0.39 is 24.4 Å². The Labute approximate surface area is 179 Å². The van der Waals surface area contributed by atoms with Gasteiger partial charge < -0.3 is 15.0 Å². The molecule has 0 bridgehead atoms. The van der Waals surface area contributed by atoms with E-state index in [9.17, 15) is 14.0 Å². The Balaban J connectivity index is 2.25. The maximum absolute atomic E-state index is 13.8. The van der Waals surface area contributed by atoms with Crippen LogP contribution in [0.4, 0.5) is 4.39 Å². The highest BCUT2D eigenvalue weighted by Gasteiger charge is 2.29. The van der Waals surface area contributed by atoms with E-state index in [4.69, 9.17) is 27.9 Å². The zero-order valence-electron chi connectivity index (χ0n) is 16.3. The first-order chi connectivity index (χ1) is 13.9. The van der Waals surface area contributed by atoms with Crippen LogP contribution in [0, 0.1) is 5.82 Å². The number of ether oxygens (including phenoxy) is 1. The van der Waals surface area contributed by atoms with Gasteiger partial charge >= 0.3 is 0 Å². The van der Waals surface area contributed by atoms with Gasteiger partial charge in [-0.3, -0.25) is 9.59 Å². The number of carbonyl (C=O) groups excluding carboxylic acids is 2. The number of hydrogen-bond acceptors (Lipinski definition) is 3. The van der Waals surface area contributed by atoms with Gasteiger partial charge in [-0.1, -0.05) is 48.3 Å². The maximum Gasteiger partial charge on any atom is 0.261 e. The van der Waals surface area contributed by atoms with Crippen molar-refractivity contribution >= 4 is 35.0 Å². The second kappa shape index (κ2) is 11.0. The normalized spacial score (nSPS) is 11.6. The van der Waals surface area contributed by atoms with Crippen molar-refractivity contribution in [1.29, 1.82) is 0 Å². The van der Waals surface area contributed by atoms with Gasteiger partial charge in [-0.2, -0.15) is 0 Å². The topological polar surface area (TPSA) is 58.6 Å². The molecule has 1 N–H and O–H groups in total. The molecule has 1 unspecified atom stereocenters. The van der Waals surface area contributed by atoms with Crippen molar-refractivity contribution in [2.75, 3.05) is 13.2 Å². The summed E-state index contributed by atoms with van der Waals surface area (Å²) in [4.78, 5) is 26.9. The van der Waals surface area contributed by atoms with Gasteiger partial charge in [0.1, 0.15) is 6.04 Å². The van der Waals surface area contributed by atoms with Crippen LogP contribution in [0.25, 0.3) is 0 Å². The predicted octanol–water partition coefficient (Wildman–Crippen LogP) is 4.45. The van der Waals surface area contributed by atoms with Gasteiger partial charge in [0.05, 0.1) is 0 Å². The summed E-state index contributed by atoms with van der Waals surface area (Å²) in [6.45, 7) is 3.72. The highest BCUT2D eigenvalue weighted by Crippen LogP contribution is 2.24. The Morgan fingerprint density at radius 1 is 1.17 bits per heavy atom. The fourth-order valence-corrected chi connectivity index (χ4v) is 3.30. The third kappa shape index (κ3) is 6.34. The lowest BCUT2D eigenvalue weighted by Crippen LogP contribution is -2.50. The Morgan fingerprint density at radius 3 is 2.52 bits per heavy atom. The fourth-order valence-electron chi connectivity index (χ4n) is 2.83. The Kier molecular flexibility index (Phi) is 8.73. The Bertz CT molecular complexity index is 864. The van der Waals surface area contributed by atoms with Gasteiger partial charge in [0.15, 0.2) is 18.2 Å². The molecular formula is C21H23Cl2FN2O3. The monoisotopic (exact) mass is 440 g/mol. The maximum atomic E-state index is 13.8. The molecule has 0 radical (unpaired) electrons. The van der Waals surface area contributed by atoms with Crippen LogP contribution in [0.3, 0.4) is 0 Å². The third-order valence-electron chi connectivity index (χ3n) is 4.28. The van der Waals surface area contributed by atoms with Crippen LogP contribution in [-0.2, 0) is 16.1 Å². The minimum atomic E-state index is -0.724. The standard InChI is InChI=1S/C21H23Cl2FN2O3/c1-3-18(21(28)25-4-2)26(12-14-9-10-15(22)11-16(14)23)20(27)13-29-19-8-6-5-7-17(19)24/h5-11,18H,3-4,12-13H2,1-2H3,(H,25,28). The van der Waals surface area contributed by atoms with Crippen LogP contribution in [0.15, 0.2) is 42.5 Å². The molecule has 8 heteroatoms. The number of rotatable bonds is 9. The number of hydrogen-bond donors (Lipinski definition) is 1. The van der Waals surface area contributed by atoms with E-state index in [1.165, 1.54) is 23.1 Å². The fraction of sp³-hybridized carbons (Fsp3) is 0.333. The molecule has 0 aliphatic heterocycles. The summed E-state index contributed by atoms with van der Waals surface area (Å²) in [5.74, 6) is -1.34. The number of amides is 2. The van der Waals surface area contributed by atoms with Crippen molar-refractivity contribution in [2.24, 2.45) is 0 Å². The lowest BCUT2D eigenvalue weighted by Gasteiger charge is -2.30. The molecule has 156 valence electrons. The zero-order valence-corrected chi connectivity index (χ0v) is 17.8. The summed E-state index contributed by atoms with van der Waals surface area (Å²) in [7, 11) is 0. The van der Waals surface area contributed by atoms with E-state index in [1.54, 1.807) is 38.1 Å². The number of likely N-dealkylation sites (N-methyl/N-ethyl adjacent to an activating group) is 1. The van der Waals surface area contributed by atoms with E-state index in [1.807, 2.05) is 0 Å². The largest absolute Gasteiger partial charge is 0.481 e. The molecule has 2 rings (SSSR count). The number of para-hydroxylation sites is 1. The minimum absolute atomic E-state index is 0.0311. The molecule has 0 aliphatic carbocycles. The number of benzene rings is 2. The summed E-state index contributed by atoms with van der Waals surface area (Å²) in [5.41, 5.74) is 0.637. The molecule has 29 heavy (non-hydrogen) atoms. The summed E-state index contributed by atoms with van der Waals surface area (Å²) in [6.07, 6.45) is 0.391. The summed E-state index contributed by atoms with van der Waals surface area (Å²) < 4.78 is 19.1. The molecule has 2 aromatic carbocycles. The van der Waals surface area contributed by atoms with E-state index >= 15 is 0 Å². The van der Waals surface area contributed by atoms with Crippen LogP contribution in [0.5, 0.6) is 5.75 Å². The van der Waals surface area contributed by atoms with E-state index in [0.29, 0.717) is 28.6 Å². The summed E-state index contributed by atoms with van der Waals surface area (Å²) >= 11 is 12.2. The molecule has 2 amide bonds. The van der Waals surface area contributed by atoms with Crippen LogP contribution in [0.1, 0.15) is 25.8 Å². The SMILES string of the molecule is CCNC(=O)C(CC)N(Cc1ccc(Cl)cc1Cl)C(=O)COc1ccccc1F. The van der Waals surface area contributed by atoms with E-state index in [2.05, 4.69) is 5.32 Å². The minimum Gasteiger partial charge on any atom is -0.481 e. The lowest BCUT2D eigenvalue weighted by atomic mass is 10.1. The Morgan fingerprint density at radius 2 is 1.90 bits per heavy atom. The van der Waals surface area contributed by atoms with Gasteiger partial charge in [0.2, 0.25) is 5.91 Å². The second-order valence-electron chi connectivity index (χ2n) is 6.30. The predicted molar refractivity (Wildman–Crippen MR) is 112 cm³/mol. The highest BCUT2D eigenvalue weighted by atomic mass is 35.5. The second-order valence-corrected chi connectivity index (χ2v) is 7.14. The molecule has 0 saturated carbocycles. The summed E-state index contributed by atoms with van der Waals surface area (Å²) in [6, 6.07) is 10.0. The molecule has 0 aromatic heterocycles. The molecule has 0 heterocycles. The van der Waals surface area contributed by atoms with Crippen molar-refractivity contribution in [2.45, 2.75) is 32.9 Å².